The molecule has 2 N–H and O–H groups in total. The summed E-state index contributed by atoms with van der Waals surface area (Å²) < 4.78 is 10.1. The topological polar surface area (TPSA) is 80.4 Å². The predicted molar refractivity (Wildman–Crippen MR) is 98.3 cm³/mol. The number of aromatic nitrogens is 1. The third kappa shape index (κ3) is 4.22. The number of nitrogens with one attached hydrogen (secondary N) is 2. The first-order chi connectivity index (χ1) is 12.7. The van der Waals surface area contributed by atoms with Gasteiger partial charge in [-0.25, -0.2) is 4.79 Å². The summed E-state index contributed by atoms with van der Waals surface area (Å²) in [6.07, 6.45) is 2.64. The van der Waals surface area contributed by atoms with Crippen molar-refractivity contribution in [3.05, 3.63) is 65.9 Å². The molecule has 0 spiro atoms. The predicted octanol–water partition coefficient (Wildman–Crippen LogP) is 2.69. The Kier molecular flexibility index (Phi) is 5.53. The molecule has 0 aliphatic rings. The van der Waals surface area contributed by atoms with E-state index < -0.39 is 5.97 Å². The van der Waals surface area contributed by atoms with Gasteiger partial charge in [-0.2, -0.15) is 0 Å². The maximum absolute atomic E-state index is 12.0. The molecule has 0 aliphatic carbocycles. The summed E-state index contributed by atoms with van der Waals surface area (Å²) in [6.45, 7) is 0.154. The first-order valence-corrected chi connectivity index (χ1v) is 8.30. The number of aromatic amines is 1. The summed E-state index contributed by atoms with van der Waals surface area (Å²) >= 11 is 0. The number of methoxy groups -OCH3 is 1. The highest BCUT2D eigenvalue weighted by atomic mass is 16.5. The average molecular weight is 352 g/mol. The minimum absolute atomic E-state index is 0.316. The number of amides is 1. The lowest BCUT2D eigenvalue weighted by molar-refractivity contribution is -0.124. The van der Waals surface area contributed by atoms with Gasteiger partial charge in [0.05, 0.1) is 12.7 Å². The molecule has 0 saturated heterocycles. The molecule has 6 heteroatoms. The zero-order valence-corrected chi connectivity index (χ0v) is 14.5. The van der Waals surface area contributed by atoms with E-state index in [1.807, 2.05) is 30.5 Å². The lowest BCUT2D eigenvalue weighted by Crippen LogP contribution is -2.30. The molecule has 0 aliphatic heterocycles. The Morgan fingerprint density at radius 3 is 2.81 bits per heavy atom. The maximum Gasteiger partial charge on any atom is 0.338 e. The SMILES string of the molecule is COc1cccc(C(=O)OCC(=O)NCCc2c[nH]c3ccccc23)c1. The summed E-state index contributed by atoms with van der Waals surface area (Å²) in [5, 5.41) is 3.90. The Balaban J connectivity index is 1.45. The number of carbonyl (C=O) groups is 2. The normalized spacial score (nSPS) is 10.5. The molecule has 26 heavy (non-hydrogen) atoms. The Bertz CT molecular complexity index is 917. The van der Waals surface area contributed by atoms with Gasteiger partial charge in [-0.05, 0) is 36.2 Å². The molecule has 134 valence electrons. The summed E-state index contributed by atoms with van der Waals surface area (Å²) in [5.41, 5.74) is 2.55. The molecule has 0 radical (unpaired) electrons. The van der Waals surface area contributed by atoms with Crippen molar-refractivity contribution in [3.63, 3.8) is 0 Å². The van der Waals surface area contributed by atoms with Crippen molar-refractivity contribution >= 4 is 22.8 Å². The minimum atomic E-state index is -0.560. The van der Waals surface area contributed by atoms with Crippen LogP contribution in [-0.4, -0.2) is 37.1 Å². The standard InChI is InChI=1S/C20H20N2O4/c1-25-16-6-4-5-14(11-16)20(24)26-13-19(23)21-10-9-15-12-22-18-8-3-2-7-17(15)18/h2-8,11-12,22H,9-10,13H2,1H3,(H,21,23). The van der Waals surface area contributed by atoms with Crippen LogP contribution in [0.15, 0.2) is 54.7 Å². The average Bonchev–Trinajstić information content (AvgIpc) is 3.09. The number of H-pyrrole nitrogens is 1. The van der Waals surface area contributed by atoms with Gasteiger partial charge in [0.2, 0.25) is 0 Å². The molecule has 2 aromatic carbocycles. The van der Waals surface area contributed by atoms with Crippen molar-refractivity contribution in [2.45, 2.75) is 6.42 Å². The van der Waals surface area contributed by atoms with Crippen LogP contribution in [0, 0.1) is 0 Å². The summed E-state index contributed by atoms with van der Waals surface area (Å²) in [6, 6.07) is 14.6. The van der Waals surface area contributed by atoms with Crippen LogP contribution in [0.5, 0.6) is 5.75 Å². The van der Waals surface area contributed by atoms with Crippen LogP contribution in [0.4, 0.5) is 0 Å². The number of hydrogen-bond acceptors (Lipinski definition) is 4. The Labute approximate surface area is 151 Å². The van der Waals surface area contributed by atoms with Crippen LogP contribution >= 0.6 is 0 Å². The molecule has 0 atom stereocenters. The van der Waals surface area contributed by atoms with E-state index in [9.17, 15) is 9.59 Å². The van der Waals surface area contributed by atoms with E-state index in [0.717, 1.165) is 16.5 Å². The van der Waals surface area contributed by atoms with Crippen molar-refractivity contribution < 1.29 is 19.1 Å². The van der Waals surface area contributed by atoms with Gasteiger partial charge in [-0.15, -0.1) is 0 Å². The zero-order chi connectivity index (χ0) is 18.4. The largest absolute Gasteiger partial charge is 0.497 e. The van der Waals surface area contributed by atoms with Gasteiger partial charge < -0.3 is 19.8 Å². The minimum Gasteiger partial charge on any atom is -0.497 e. The lowest BCUT2D eigenvalue weighted by atomic mass is 10.1. The van der Waals surface area contributed by atoms with Crippen molar-refractivity contribution in [1.82, 2.24) is 10.3 Å². The van der Waals surface area contributed by atoms with E-state index in [2.05, 4.69) is 10.3 Å². The molecular weight excluding hydrogens is 332 g/mol. The van der Waals surface area contributed by atoms with E-state index in [-0.39, 0.29) is 12.5 Å². The van der Waals surface area contributed by atoms with Crippen LogP contribution in [-0.2, 0) is 16.0 Å². The second-order valence-electron chi connectivity index (χ2n) is 5.77. The highest BCUT2D eigenvalue weighted by Crippen LogP contribution is 2.17. The number of esters is 1. The van der Waals surface area contributed by atoms with Crippen molar-refractivity contribution in [3.8, 4) is 5.75 Å². The fourth-order valence-electron chi connectivity index (χ4n) is 2.69. The molecule has 6 nitrogen and oxygen atoms in total. The Morgan fingerprint density at radius 1 is 1.12 bits per heavy atom. The van der Waals surface area contributed by atoms with Crippen LogP contribution in [0.1, 0.15) is 15.9 Å². The monoisotopic (exact) mass is 352 g/mol. The number of benzene rings is 2. The van der Waals surface area contributed by atoms with Gasteiger partial charge in [0.1, 0.15) is 5.75 Å². The van der Waals surface area contributed by atoms with Gasteiger partial charge >= 0.3 is 5.97 Å². The molecule has 3 rings (SSSR count). The van der Waals surface area contributed by atoms with Gasteiger partial charge in [0.15, 0.2) is 6.61 Å². The maximum atomic E-state index is 12.0. The fraction of sp³-hybridized carbons (Fsp3) is 0.200. The smallest absolute Gasteiger partial charge is 0.338 e. The number of para-hydroxylation sites is 1. The third-order valence-corrected chi connectivity index (χ3v) is 4.03. The van der Waals surface area contributed by atoms with Crippen LogP contribution in [0.25, 0.3) is 10.9 Å². The van der Waals surface area contributed by atoms with Gasteiger partial charge in [0.25, 0.3) is 5.91 Å². The van der Waals surface area contributed by atoms with Crippen molar-refractivity contribution in [2.75, 3.05) is 20.3 Å². The number of hydrogen-bond donors (Lipinski definition) is 2. The van der Waals surface area contributed by atoms with E-state index in [1.165, 1.54) is 7.11 Å². The first kappa shape index (κ1) is 17.5. The molecule has 1 aromatic heterocycles. The van der Waals surface area contributed by atoms with Crippen molar-refractivity contribution in [1.29, 1.82) is 0 Å². The van der Waals surface area contributed by atoms with Crippen LogP contribution in [0.3, 0.4) is 0 Å². The lowest BCUT2D eigenvalue weighted by Gasteiger charge is -2.07. The third-order valence-electron chi connectivity index (χ3n) is 4.03. The fourth-order valence-corrected chi connectivity index (χ4v) is 2.69. The second-order valence-corrected chi connectivity index (χ2v) is 5.77. The molecule has 0 bridgehead atoms. The van der Waals surface area contributed by atoms with Gasteiger partial charge in [-0.3, -0.25) is 4.79 Å². The second kappa shape index (κ2) is 8.20. The van der Waals surface area contributed by atoms with E-state index >= 15 is 0 Å². The molecule has 1 amide bonds. The number of rotatable bonds is 7. The number of ether oxygens (including phenoxy) is 2. The van der Waals surface area contributed by atoms with Crippen molar-refractivity contribution in [2.24, 2.45) is 0 Å². The Morgan fingerprint density at radius 2 is 1.96 bits per heavy atom. The molecule has 0 unspecified atom stereocenters. The van der Waals surface area contributed by atoms with E-state index in [1.54, 1.807) is 24.3 Å². The number of carbonyl (C=O) groups excluding carboxylic acids is 2. The van der Waals surface area contributed by atoms with Gasteiger partial charge in [0, 0.05) is 23.6 Å². The van der Waals surface area contributed by atoms with E-state index in [4.69, 9.17) is 9.47 Å². The highest BCUT2D eigenvalue weighted by molar-refractivity contribution is 5.91. The summed E-state index contributed by atoms with van der Waals surface area (Å²) in [4.78, 5) is 27.0. The molecule has 0 saturated carbocycles. The molecule has 0 fully saturated rings. The summed E-state index contributed by atoms with van der Waals surface area (Å²) in [5.74, 6) is -0.334. The summed E-state index contributed by atoms with van der Waals surface area (Å²) in [7, 11) is 1.52. The highest BCUT2D eigenvalue weighted by Gasteiger charge is 2.11. The van der Waals surface area contributed by atoms with Gasteiger partial charge in [-0.1, -0.05) is 24.3 Å². The first-order valence-electron chi connectivity index (χ1n) is 8.30. The zero-order valence-electron chi connectivity index (χ0n) is 14.5. The number of fused-ring (bicyclic) bond motifs is 1. The van der Waals surface area contributed by atoms with E-state index in [0.29, 0.717) is 24.3 Å². The molecular formula is C20H20N2O4. The van der Waals surface area contributed by atoms with Crippen LogP contribution in [0.2, 0.25) is 0 Å². The van der Waals surface area contributed by atoms with Crippen LogP contribution < -0.4 is 10.1 Å². The quantitative estimate of drug-likeness (QED) is 0.641. The molecule has 1 heterocycles. The Hall–Kier alpha value is -3.28. The molecule has 3 aromatic rings.